The van der Waals surface area contributed by atoms with Gasteiger partial charge in [-0.15, -0.1) is 0 Å². The molecule has 0 aromatic carbocycles. The maximum absolute atomic E-state index is 12.0. The van der Waals surface area contributed by atoms with Gasteiger partial charge in [-0.3, -0.25) is 0 Å². The van der Waals surface area contributed by atoms with Crippen molar-refractivity contribution < 1.29 is 8.42 Å². The summed E-state index contributed by atoms with van der Waals surface area (Å²) in [5.74, 6) is 0. The molecule has 0 atom stereocenters. The molecule has 2 rings (SSSR count). The van der Waals surface area contributed by atoms with E-state index in [-0.39, 0.29) is 0 Å². The number of nitrogens with zero attached hydrogens (tertiary/aromatic N) is 1. The summed E-state index contributed by atoms with van der Waals surface area (Å²) in [5.41, 5.74) is 0. The smallest absolute Gasteiger partial charge is 0.242 e. The number of hydrogen-bond acceptors (Lipinski definition) is 3. The Morgan fingerprint density at radius 3 is 2.50 bits per heavy atom. The first kappa shape index (κ1) is 15.5. The zero-order chi connectivity index (χ0) is 14.4. The van der Waals surface area contributed by atoms with Crippen LogP contribution in [-0.4, -0.2) is 32.1 Å². The Kier molecular flexibility index (Phi) is 5.63. The molecule has 0 saturated heterocycles. The second-order valence-electron chi connectivity index (χ2n) is 5.55. The predicted octanol–water partition coefficient (Wildman–Crippen LogP) is 1.62. The van der Waals surface area contributed by atoms with E-state index in [0.717, 1.165) is 0 Å². The molecule has 0 unspecified atom stereocenters. The lowest BCUT2D eigenvalue weighted by Gasteiger charge is -2.16. The highest BCUT2D eigenvalue weighted by molar-refractivity contribution is 7.89. The van der Waals surface area contributed by atoms with E-state index in [0.29, 0.717) is 24.0 Å². The van der Waals surface area contributed by atoms with Crippen LogP contribution in [0.3, 0.4) is 0 Å². The van der Waals surface area contributed by atoms with Crippen LogP contribution in [0.1, 0.15) is 38.5 Å². The van der Waals surface area contributed by atoms with Crippen molar-refractivity contribution in [2.24, 2.45) is 7.05 Å². The first-order valence-corrected chi connectivity index (χ1v) is 8.91. The van der Waals surface area contributed by atoms with Gasteiger partial charge in [0.25, 0.3) is 0 Å². The van der Waals surface area contributed by atoms with Crippen molar-refractivity contribution in [1.82, 2.24) is 14.6 Å². The number of sulfonamides is 1. The van der Waals surface area contributed by atoms with Crippen molar-refractivity contribution in [2.45, 2.75) is 49.5 Å². The number of nitrogens with one attached hydrogen (secondary N) is 2. The van der Waals surface area contributed by atoms with Crippen LogP contribution in [0.5, 0.6) is 0 Å². The van der Waals surface area contributed by atoms with E-state index in [1.54, 1.807) is 23.0 Å². The Labute approximate surface area is 121 Å². The molecule has 0 radical (unpaired) electrons. The van der Waals surface area contributed by atoms with Crippen LogP contribution in [0.25, 0.3) is 0 Å². The van der Waals surface area contributed by atoms with Crippen LogP contribution in [0, 0.1) is 0 Å². The van der Waals surface area contributed by atoms with E-state index in [1.165, 1.54) is 38.5 Å². The van der Waals surface area contributed by atoms with Gasteiger partial charge in [-0.25, -0.2) is 13.1 Å². The molecular formula is C14H25N3O2S. The number of hydrogen-bond donors (Lipinski definition) is 2. The number of aromatic nitrogens is 1. The van der Waals surface area contributed by atoms with E-state index in [9.17, 15) is 8.42 Å². The second-order valence-corrected chi connectivity index (χ2v) is 7.32. The molecule has 6 heteroatoms. The molecule has 5 nitrogen and oxygen atoms in total. The Hall–Kier alpha value is -0.850. The molecule has 1 fully saturated rings. The van der Waals surface area contributed by atoms with Crippen LogP contribution in [-0.2, 0) is 17.1 Å². The maximum Gasteiger partial charge on any atom is 0.242 e. The molecule has 1 heterocycles. The SMILES string of the molecule is Cn1ccc(S(=O)(=O)NCCNC2CCCCCC2)c1. The van der Waals surface area contributed by atoms with Crippen molar-refractivity contribution in [2.75, 3.05) is 13.1 Å². The van der Waals surface area contributed by atoms with Crippen molar-refractivity contribution in [3.63, 3.8) is 0 Å². The van der Waals surface area contributed by atoms with E-state index < -0.39 is 10.0 Å². The zero-order valence-electron chi connectivity index (χ0n) is 12.1. The molecule has 0 spiro atoms. The lowest BCUT2D eigenvalue weighted by atomic mass is 10.1. The van der Waals surface area contributed by atoms with Crippen LogP contribution in [0.2, 0.25) is 0 Å². The van der Waals surface area contributed by atoms with Gasteiger partial charge in [0.05, 0.1) is 4.90 Å². The largest absolute Gasteiger partial charge is 0.356 e. The Morgan fingerprint density at radius 1 is 1.20 bits per heavy atom. The quantitative estimate of drug-likeness (QED) is 0.620. The van der Waals surface area contributed by atoms with Crippen LogP contribution in [0.4, 0.5) is 0 Å². The lowest BCUT2D eigenvalue weighted by Crippen LogP contribution is -2.36. The fourth-order valence-corrected chi connectivity index (χ4v) is 3.75. The third-order valence-corrected chi connectivity index (χ3v) is 5.27. The molecule has 1 aromatic rings. The average molecular weight is 299 g/mol. The standard InChI is InChI=1S/C14H25N3O2S/c1-17-11-8-14(12-17)20(18,19)16-10-9-15-13-6-4-2-3-5-7-13/h8,11-13,15-16H,2-7,9-10H2,1H3. The molecule has 0 amide bonds. The van der Waals surface area contributed by atoms with Gasteiger partial charge in [0.1, 0.15) is 0 Å². The highest BCUT2D eigenvalue weighted by Crippen LogP contribution is 2.16. The first-order chi connectivity index (χ1) is 9.58. The van der Waals surface area contributed by atoms with Crippen molar-refractivity contribution in [3.8, 4) is 0 Å². The second kappa shape index (κ2) is 7.24. The van der Waals surface area contributed by atoms with Gasteiger partial charge in [0, 0.05) is 38.6 Å². The summed E-state index contributed by atoms with van der Waals surface area (Å²) in [5, 5.41) is 3.46. The number of aryl methyl sites for hydroxylation is 1. The Morgan fingerprint density at radius 2 is 1.90 bits per heavy atom. The van der Waals surface area contributed by atoms with Crippen molar-refractivity contribution >= 4 is 10.0 Å². The highest BCUT2D eigenvalue weighted by atomic mass is 32.2. The summed E-state index contributed by atoms with van der Waals surface area (Å²) in [6.45, 7) is 1.13. The fraction of sp³-hybridized carbons (Fsp3) is 0.714. The summed E-state index contributed by atoms with van der Waals surface area (Å²) in [4.78, 5) is 0.328. The van der Waals surface area contributed by atoms with Crippen molar-refractivity contribution in [1.29, 1.82) is 0 Å². The topological polar surface area (TPSA) is 63.1 Å². The lowest BCUT2D eigenvalue weighted by molar-refractivity contribution is 0.461. The summed E-state index contributed by atoms with van der Waals surface area (Å²) in [7, 11) is -1.55. The average Bonchev–Trinajstić information content (AvgIpc) is 2.70. The molecule has 20 heavy (non-hydrogen) atoms. The zero-order valence-corrected chi connectivity index (χ0v) is 13.0. The fourth-order valence-electron chi connectivity index (χ4n) is 2.67. The van der Waals surface area contributed by atoms with E-state index in [1.807, 2.05) is 7.05 Å². The third kappa shape index (κ3) is 4.61. The number of rotatable bonds is 6. The van der Waals surface area contributed by atoms with Gasteiger partial charge in [-0.1, -0.05) is 25.7 Å². The minimum absolute atomic E-state index is 0.328. The van der Waals surface area contributed by atoms with E-state index in [4.69, 9.17) is 0 Å². The van der Waals surface area contributed by atoms with Crippen LogP contribution < -0.4 is 10.0 Å². The van der Waals surface area contributed by atoms with E-state index in [2.05, 4.69) is 10.0 Å². The minimum atomic E-state index is -3.36. The van der Waals surface area contributed by atoms with Gasteiger partial charge in [-0.05, 0) is 18.9 Å². The predicted molar refractivity (Wildman–Crippen MR) is 80.1 cm³/mol. The molecule has 1 aliphatic rings. The molecule has 2 N–H and O–H groups in total. The molecular weight excluding hydrogens is 274 g/mol. The minimum Gasteiger partial charge on any atom is -0.356 e. The summed E-state index contributed by atoms with van der Waals surface area (Å²) < 4.78 is 28.4. The molecule has 0 bridgehead atoms. The third-order valence-electron chi connectivity index (χ3n) is 3.82. The van der Waals surface area contributed by atoms with Crippen molar-refractivity contribution in [3.05, 3.63) is 18.5 Å². The summed E-state index contributed by atoms with van der Waals surface area (Å²) >= 11 is 0. The maximum atomic E-state index is 12.0. The summed E-state index contributed by atoms with van der Waals surface area (Å²) in [6, 6.07) is 2.17. The molecule has 1 aliphatic carbocycles. The van der Waals surface area contributed by atoms with Gasteiger partial charge in [0.15, 0.2) is 0 Å². The Balaban J connectivity index is 1.72. The first-order valence-electron chi connectivity index (χ1n) is 7.43. The van der Waals surface area contributed by atoms with Crippen LogP contribution >= 0.6 is 0 Å². The summed E-state index contributed by atoms with van der Waals surface area (Å²) in [6.07, 6.45) is 11.0. The van der Waals surface area contributed by atoms with Gasteiger partial charge >= 0.3 is 0 Å². The Bertz CT molecular complexity index is 502. The van der Waals surface area contributed by atoms with Gasteiger partial charge in [-0.2, -0.15) is 0 Å². The van der Waals surface area contributed by atoms with Gasteiger partial charge in [0.2, 0.25) is 10.0 Å². The normalized spacial score (nSPS) is 18.1. The molecule has 114 valence electrons. The van der Waals surface area contributed by atoms with Gasteiger partial charge < -0.3 is 9.88 Å². The van der Waals surface area contributed by atoms with E-state index >= 15 is 0 Å². The molecule has 0 aliphatic heterocycles. The monoisotopic (exact) mass is 299 g/mol. The highest BCUT2D eigenvalue weighted by Gasteiger charge is 2.15. The molecule has 1 saturated carbocycles. The molecule has 1 aromatic heterocycles. The van der Waals surface area contributed by atoms with Crippen LogP contribution in [0.15, 0.2) is 23.4 Å².